The summed E-state index contributed by atoms with van der Waals surface area (Å²) in [6.45, 7) is 1.36. The average molecular weight is 403 g/mol. The smallest absolute Gasteiger partial charge is 0.328 e. The second-order valence-electron chi connectivity index (χ2n) is 6.20. The largest absolute Gasteiger partial charge is 0.465 e. The van der Waals surface area contributed by atoms with Crippen molar-refractivity contribution in [2.45, 2.75) is 11.8 Å². The van der Waals surface area contributed by atoms with Crippen molar-refractivity contribution >= 4 is 32.7 Å². The van der Waals surface area contributed by atoms with Crippen LogP contribution < -0.4 is 9.99 Å². The van der Waals surface area contributed by atoms with Gasteiger partial charge in [0.05, 0.1) is 28.2 Å². The zero-order chi connectivity index (χ0) is 20.5. The molecule has 0 bridgehead atoms. The number of rotatable bonds is 6. The number of benzene rings is 2. The normalized spacial score (nSPS) is 11.5. The monoisotopic (exact) mass is 403 g/mol. The molecule has 0 N–H and O–H groups in total. The third-order valence-corrected chi connectivity index (χ3v) is 6.22. The number of aryl methyl sites for hydroxylation is 2. The lowest BCUT2D eigenvalue weighted by molar-refractivity contribution is -0.141. The van der Waals surface area contributed by atoms with E-state index in [-0.39, 0.29) is 17.2 Å². The molecule has 3 aromatic rings. The summed E-state index contributed by atoms with van der Waals surface area (Å²) in [4.78, 5) is 24.1. The van der Waals surface area contributed by atoms with Gasteiger partial charge in [-0.25, -0.2) is 13.2 Å². The number of carbonyl (C=O) groups excluding carboxylic acids is 1. The fourth-order valence-electron chi connectivity index (χ4n) is 3.01. The topological polar surface area (TPSA) is 90.6 Å². The van der Waals surface area contributed by atoms with Crippen LogP contribution in [0.2, 0.25) is 0 Å². The first-order chi connectivity index (χ1) is 13.3. The quantitative estimate of drug-likeness (QED) is 0.584. The van der Waals surface area contributed by atoms with E-state index >= 15 is 0 Å². The maximum atomic E-state index is 13.3. The van der Waals surface area contributed by atoms with E-state index in [9.17, 15) is 18.0 Å². The first-order valence-electron chi connectivity index (χ1n) is 8.66. The fraction of sp³-hybridized carbons (Fsp3) is 0.263. The number of imidazole rings is 1. The van der Waals surface area contributed by atoms with Crippen molar-refractivity contribution in [3.63, 3.8) is 0 Å². The van der Waals surface area contributed by atoms with E-state index in [1.807, 2.05) is 0 Å². The molecule has 148 valence electrons. The summed E-state index contributed by atoms with van der Waals surface area (Å²) in [7, 11) is -0.873. The fourth-order valence-corrected chi connectivity index (χ4v) is 4.44. The highest BCUT2D eigenvalue weighted by Crippen LogP contribution is 2.25. The summed E-state index contributed by atoms with van der Waals surface area (Å²) >= 11 is 0. The van der Waals surface area contributed by atoms with Gasteiger partial charge in [0.25, 0.3) is 10.0 Å². The summed E-state index contributed by atoms with van der Waals surface area (Å²) in [5.74, 6) is -0.650. The lowest BCUT2D eigenvalue weighted by Crippen LogP contribution is -2.36. The number of carbonyl (C=O) groups is 1. The zero-order valence-electron chi connectivity index (χ0n) is 15.8. The molecule has 0 atom stereocenters. The average Bonchev–Trinajstić information content (AvgIpc) is 2.91. The predicted octanol–water partition coefficient (Wildman–Crippen LogP) is 1.64. The highest BCUT2D eigenvalue weighted by atomic mass is 32.2. The van der Waals surface area contributed by atoms with Gasteiger partial charge in [0.2, 0.25) is 0 Å². The van der Waals surface area contributed by atoms with Gasteiger partial charge in [-0.15, -0.1) is 0 Å². The van der Waals surface area contributed by atoms with Gasteiger partial charge in [0, 0.05) is 14.1 Å². The predicted molar refractivity (Wildman–Crippen MR) is 106 cm³/mol. The maximum Gasteiger partial charge on any atom is 0.328 e. The molecule has 0 spiro atoms. The molecule has 0 fully saturated rings. The van der Waals surface area contributed by atoms with Crippen molar-refractivity contribution in [3.05, 3.63) is 59.0 Å². The maximum absolute atomic E-state index is 13.3. The van der Waals surface area contributed by atoms with E-state index in [2.05, 4.69) is 0 Å². The first-order valence-corrected chi connectivity index (χ1v) is 10.1. The van der Waals surface area contributed by atoms with E-state index in [1.54, 1.807) is 57.4 Å². The number of anilines is 1. The standard InChI is InChI=1S/C19H21N3O5S/c1-4-27-18(23)13-22(14-8-6-5-7-9-14)28(25,26)15-10-11-16-17(12-15)21(3)19(24)20(16)2/h5-12H,4,13H2,1-3H3. The Morgan fingerprint density at radius 3 is 2.32 bits per heavy atom. The van der Waals surface area contributed by atoms with Gasteiger partial charge >= 0.3 is 11.7 Å². The second kappa shape index (κ2) is 7.51. The Labute approximate surface area is 162 Å². The van der Waals surface area contributed by atoms with E-state index in [4.69, 9.17) is 4.74 Å². The van der Waals surface area contributed by atoms with Gasteiger partial charge in [0.1, 0.15) is 6.54 Å². The van der Waals surface area contributed by atoms with Crippen molar-refractivity contribution in [2.24, 2.45) is 14.1 Å². The summed E-state index contributed by atoms with van der Waals surface area (Å²) < 4.78 is 35.5. The van der Waals surface area contributed by atoms with Crippen LogP contribution in [-0.2, 0) is 33.7 Å². The Kier molecular flexibility index (Phi) is 5.28. The van der Waals surface area contributed by atoms with Gasteiger partial charge in [-0.3, -0.25) is 18.2 Å². The number of esters is 1. The highest BCUT2D eigenvalue weighted by molar-refractivity contribution is 7.92. The molecular weight excluding hydrogens is 382 g/mol. The Morgan fingerprint density at radius 1 is 1.04 bits per heavy atom. The van der Waals surface area contributed by atoms with Crippen LogP contribution in [0.1, 0.15) is 6.92 Å². The van der Waals surface area contributed by atoms with E-state index < -0.39 is 22.5 Å². The molecule has 1 aromatic heterocycles. The van der Waals surface area contributed by atoms with Gasteiger partial charge < -0.3 is 4.74 Å². The van der Waals surface area contributed by atoms with Crippen LogP contribution in [0.15, 0.2) is 58.2 Å². The zero-order valence-corrected chi connectivity index (χ0v) is 16.6. The lowest BCUT2D eigenvalue weighted by atomic mass is 10.3. The summed E-state index contributed by atoms with van der Waals surface area (Å²) in [6.07, 6.45) is 0. The van der Waals surface area contributed by atoms with Crippen LogP contribution in [-0.4, -0.2) is 36.7 Å². The minimum Gasteiger partial charge on any atom is -0.465 e. The Bertz CT molecular complexity index is 1180. The Hall–Kier alpha value is -3.07. The van der Waals surface area contributed by atoms with Crippen molar-refractivity contribution < 1.29 is 17.9 Å². The number of aromatic nitrogens is 2. The summed E-state index contributed by atoms with van der Waals surface area (Å²) in [5, 5.41) is 0. The molecular formula is C19H21N3O5S. The molecule has 0 aliphatic heterocycles. The third kappa shape index (κ3) is 3.40. The van der Waals surface area contributed by atoms with Crippen LogP contribution >= 0.6 is 0 Å². The van der Waals surface area contributed by atoms with Gasteiger partial charge in [0.15, 0.2) is 0 Å². The molecule has 28 heavy (non-hydrogen) atoms. The van der Waals surface area contributed by atoms with Gasteiger partial charge in [-0.05, 0) is 37.3 Å². The van der Waals surface area contributed by atoms with Crippen LogP contribution in [0, 0.1) is 0 Å². The molecule has 0 saturated heterocycles. The summed E-state index contributed by atoms with van der Waals surface area (Å²) in [6, 6.07) is 12.8. The number of hydrogen-bond donors (Lipinski definition) is 0. The molecule has 0 aliphatic carbocycles. The molecule has 0 unspecified atom stereocenters. The molecule has 3 rings (SSSR count). The minimum atomic E-state index is -4.07. The summed E-state index contributed by atoms with van der Waals surface area (Å²) in [5.41, 5.74) is 1.19. The first kappa shape index (κ1) is 19.7. The van der Waals surface area contributed by atoms with Crippen LogP contribution in [0.5, 0.6) is 0 Å². The lowest BCUT2D eigenvalue weighted by Gasteiger charge is -2.23. The SMILES string of the molecule is CCOC(=O)CN(c1ccccc1)S(=O)(=O)c1ccc2c(c1)n(C)c(=O)n2C. The van der Waals surface area contributed by atoms with E-state index in [0.717, 1.165) is 4.31 Å². The molecule has 0 amide bonds. The van der Waals surface area contributed by atoms with Crippen LogP contribution in [0.4, 0.5) is 5.69 Å². The second-order valence-corrected chi connectivity index (χ2v) is 8.07. The Balaban J connectivity index is 2.13. The number of nitrogens with zero attached hydrogens (tertiary/aromatic N) is 3. The number of fused-ring (bicyclic) bond motifs is 1. The Morgan fingerprint density at radius 2 is 1.68 bits per heavy atom. The third-order valence-electron chi connectivity index (χ3n) is 4.45. The van der Waals surface area contributed by atoms with Crippen molar-refractivity contribution in [3.8, 4) is 0 Å². The molecule has 0 radical (unpaired) electrons. The van der Waals surface area contributed by atoms with Crippen molar-refractivity contribution in [1.29, 1.82) is 0 Å². The number of ether oxygens (including phenoxy) is 1. The molecule has 1 heterocycles. The van der Waals surface area contributed by atoms with E-state index in [0.29, 0.717) is 16.7 Å². The van der Waals surface area contributed by atoms with Crippen LogP contribution in [0.3, 0.4) is 0 Å². The molecule has 0 saturated carbocycles. The molecule has 0 aliphatic rings. The number of para-hydroxylation sites is 1. The molecule has 2 aromatic carbocycles. The van der Waals surface area contributed by atoms with Crippen LogP contribution in [0.25, 0.3) is 11.0 Å². The van der Waals surface area contributed by atoms with Gasteiger partial charge in [-0.1, -0.05) is 18.2 Å². The minimum absolute atomic E-state index is 0.0191. The van der Waals surface area contributed by atoms with E-state index in [1.165, 1.54) is 21.3 Å². The molecule has 9 heteroatoms. The van der Waals surface area contributed by atoms with Gasteiger partial charge in [-0.2, -0.15) is 0 Å². The van der Waals surface area contributed by atoms with Crippen molar-refractivity contribution in [2.75, 3.05) is 17.5 Å². The number of hydrogen-bond acceptors (Lipinski definition) is 5. The number of sulfonamides is 1. The molecule has 8 nitrogen and oxygen atoms in total. The highest BCUT2D eigenvalue weighted by Gasteiger charge is 2.28. The van der Waals surface area contributed by atoms with Crippen molar-refractivity contribution in [1.82, 2.24) is 9.13 Å².